The van der Waals surface area contributed by atoms with E-state index in [0.29, 0.717) is 5.56 Å². The molecule has 0 aromatic heterocycles. The molecule has 0 atom stereocenters. The number of hydrogen-bond acceptors (Lipinski definition) is 0. The van der Waals surface area contributed by atoms with Crippen LogP contribution in [0.15, 0.2) is 18.2 Å². The molecule has 3 heteroatoms. The maximum atomic E-state index is 13.3. The molecule has 0 N–H and O–H groups in total. The molecule has 1 rings (SSSR count). The normalized spacial score (nSPS) is 11.8. The molecule has 0 saturated carbocycles. The SMILES string of the molecule is CC(C)(F)c1ccc(F)c(Cl)c1. The first-order valence-electron chi connectivity index (χ1n) is 3.55. The molecular formula is C9H9ClF2. The average molecular weight is 191 g/mol. The van der Waals surface area contributed by atoms with Gasteiger partial charge in [0.15, 0.2) is 0 Å². The van der Waals surface area contributed by atoms with Gasteiger partial charge < -0.3 is 0 Å². The van der Waals surface area contributed by atoms with E-state index >= 15 is 0 Å². The van der Waals surface area contributed by atoms with Crippen molar-refractivity contribution in [2.24, 2.45) is 0 Å². The summed E-state index contributed by atoms with van der Waals surface area (Å²) < 4.78 is 25.9. The lowest BCUT2D eigenvalue weighted by molar-refractivity contribution is 0.221. The second kappa shape index (κ2) is 3.02. The summed E-state index contributed by atoms with van der Waals surface area (Å²) in [5.74, 6) is -0.523. The zero-order chi connectivity index (χ0) is 9.35. The van der Waals surface area contributed by atoms with Gasteiger partial charge in [-0.1, -0.05) is 17.7 Å². The summed E-state index contributed by atoms with van der Waals surface area (Å²) in [5, 5.41) is -0.0433. The molecule has 12 heavy (non-hydrogen) atoms. The highest BCUT2D eigenvalue weighted by molar-refractivity contribution is 6.30. The Morgan fingerprint density at radius 2 is 1.92 bits per heavy atom. The van der Waals surface area contributed by atoms with Gasteiger partial charge in [-0.2, -0.15) is 0 Å². The van der Waals surface area contributed by atoms with Crippen LogP contribution < -0.4 is 0 Å². The predicted molar refractivity (Wildman–Crippen MR) is 45.5 cm³/mol. The summed E-state index contributed by atoms with van der Waals surface area (Å²) in [5.41, 5.74) is -1.09. The lowest BCUT2D eigenvalue weighted by Crippen LogP contribution is -2.08. The van der Waals surface area contributed by atoms with Crippen LogP contribution in [0.5, 0.6) is 0 Å². The smallest absolute Gasteiger partial charge is 0.141 e. The molecule has 0 spiro atoms. The van der Waals surface area contributed by atoms with Gasteiger partial charge >= 0.3 is 0 Å². The first-order chi connectivity index (χ1) is 5.41. The monoisotopic (exact) mass is 190 g/mol. The molecule has 0 fully saturated rings. The van der Waals surface area contributed by atoms with Crippen LogP contribution in [0.25, 0.3) is 0 Å². The first kappa shape index (κ1) is 9.46. The van der Waals surface area contributed by atoms with E-state index in [1.165, 1.54) is 32.0 Å². The Kier molecular flexibility index (Phi) is 2.38. The number of alkyl halides is 1. The van der Waals surface area contributed by atoms with E-state index in [4.69, 9.17) is 11.6 Å². The van der Waals surface area contributed by atoms with Crippen molar-refractivity contribution >= 4 is 11.6 Å². The Labute approximate surface area is 75.2 Å². The molecule has 0 aliphatic rings. The summed E-state index contributed by atoms with van der Waals surface area (Å²) in [7, 11) is 0. The Bertz CT molecular complexity index is 289. The van der Waals surface area contributed by atoms with Gasteiger partial charge in [-0.3, -0.25) is 0 Å². The van der Waals surface area contributed by atoms with Crippen molar-refractivity contribution < 1.29 is 8.78 Å². The van der Waals surface area contributed by atoms with Crippen LogP contribution in [-0.2, 0) is 5.67 Å². The Balaban J connectivity index is 3.14. The third-order valence-corrected chi connectivity index (χ3v) is 1.90. The number of benzene rings is 1. The van der Waals surface area contributed by atoms with Crippen molar-refractivity contribution in [2.45, 2.75) is 19.5 Å². The van der Waals surface area contributed by atoms with E-state index in [1.54, 1.807) is 0 Å². The van der Waals surface area contributed by atoms with Crippen LogP contribution in [0.3, 0.4) is 0 Å². The van der Waals surface area contributed by atoms with Gasteiger partial charge in [0.05, 0.1) is 5.02 Å². The van der Waals surface area contributed by atoms with Crippen molar-refractivity contribution in [2.75, 3.05) is 0 Å². The minimum absolute atomic E-state index is 0.0433. The quantitative estimate of drug-likeness (QED) is 0.634. The standard InChI is InChI=1S/C9H9ClF2/c1-9(2,12)6-3-4-8(11)7(10)5-6/h3-5H,1-2H3. The van der Waals surface area contributed by atoms with E-state index in [0.717, 1.165) is 0 Å². The lowest BCUT2D eigenvalue weighted by atomic mass is 10.0. The summed E-state index contributed by atoms with van der Waals surface area (Å²) in [4.78, 5) is 0. The molecule has 0 saturated heterocycles. The van der Waals surface area contributed by atoms with Crippen LogP contribution in [0.4, 0.5) is 8.78 Å². The van der Waals surface area contributed by atoms with Crippen molar-refractivity contribution in [3.63, 3.8) is 0 Å². The van der Waals surface area contributed by atoms with Crippen molar-refractivity contribution in [3.05, 3.63) is 34.6 Å². The third-order valence-electron chi connectivity index (χ3n) is 1.61. The zero-order valence-electron chi connectivity index (χ0n) is 6.87. The molecule has 0 heterocycles. The molecule has 0 aliphatic carbocycles. The number of hydrogen-bond donors (Lipinski definition) is 0. The number of halogens is 3. The topological polar surface area (TPSA) is 0 Å². The third kappa shape index (κ3) is 1.95. The molecule has 0 nitrogen and oxygen atoms in total. The zero-order valence-corrected chi connectivity index (χ0v) is 7.62. The van der Waals surface area contributed by atoms with Crippen molar-refractivity contribution in [1.29, 1.82) is 0 Å². The molecule has 1 aromatic carbocycles. The minimum atomic E-state index is -1.47. The Morgan fingerprint density at radius 3 is 2.33 bits per heavy atom. The molecule has 0 bridgehead atoms. The number of rotatable bonds is 1. The Morgan fingerprint density at radius 1 is 1.33 bits per heavy atom. The molecule has 1 aromatic rings. The minimum Gasteiger partial charge on any atom is -0.239 e. The van der Waals surface area contributed by atoms with Gasteiger partial charge in [0, 0.05) is 0 Å². The molecule has 0 aliphatic heterocycles. The summed E-state index contributed by atoms with van der Waals surface area (Å²) >= 11 is 5.48. The van der Waals surface area contributed by atoms with E-state index in [9.17, 15) is 8.78 Å². The van der Waals surface area contributed by atoms with Crippen molar-refractivity contribution in [3.8, 4) is 0 Å². The van der Waals surface area contributed by atoms with E-state index in [2.05, 4.69) is 0 Å². The largest absolute Gasteiger partial charge is 0.239 e. The van der Waals surface area contributed by atoms with Gasteiger partial charge in [-0.05, 0) is 31.5 Å². The second-order valence-corrected chi connectivity index (χ2v) is 3.51. The van der Waals surface area contributed by atoms with Gasteiger partial charge in [0.2, 0.25) is 0 Å². The highest BCUT2D eigenvalue weighted by Crippen LogP contribution is 2.27. The lowest BCUT2D eigenvalue weighted by Gasteiger charge is -2.14. The first-order valence-corrected chi connectivity index (χ1v) is 3.93. The maximum Gasteiger partial charge on any atom is 0.141 e. The van der Waals surface area contributed by atoms with Crippen LogP contribution in [0.1, 0.15) is 19.4 Å². The molecular weight excluding hydrogens is 182 g/mol. The van der Waals surface area contributed by atoms with Gasteiger partial charge in [-0.25, -0.2) is 8.78 Å². The fourth-order valence-corrected chi connectivity index (χ4v) is 1.05. The highest BCUT2D eigenvalue weighted by atomic mass is 35.5. The van der Waals surface area contributed by atoms with E-state index in [-0.39, 0.29) is 5.02 Å². The van der Waals surface area contributed by atoms with Gasteiger partial charge in [0.25, 0.3) is 0 Å². The predicted octanol–water partition coefficient (Wildman–Crippen LogP) is 3.68. The molecule has 0 unspecified atom stereocenters. The van der Waals surface area contributed by atoms with Crippen LogP contribution in [-0.4, -0.2) is 0 Å². The summed E-state index contributed by atoms with van der Waals surface area (Å²) in [6.45, 7) is 2.80. The molecule has 66 valence electrons. The van der Waals surface area contributed by atoms with E-state index < -0.39 is 11.5 Å². The van der Waals surface area contributed by atoms with Crippen LogP contribution in [0.2, 0.25) is 5.02 Å². The van der Waals surface area contributed by atoms with E-state index in [1.807, 2.05) is 0 Å². The summed E-state index contributed by atoms with van der Waals surface area (Å²) in [6.07, 6.45) is 0. The van der Waals surface area contributed by atoms with Gasteiger partial charge in [-0.15, -0.1) is 0 Å². The highest BCUT2D eigenvalue weighted by Gasteiger charge is 2.19. The average Bonchev–Trinajstić information content (AvgIpc) is 1.92. The maximum absolute atomic E-state index is 13.3. The van der Waals surface area contributed by atoms with Crippen LogP contribution >= 0.6 is 11.6 Å². The molecule has 0 radical (unpaired) electrons. The second-order valence-electron chi connectivity index (χ2n) is 3.10. The Hall–Kier alpha value is -0.630. The van der Waals surface area contributed by atoms with Crippen LogP contribution in [0, 0.1) is 5.82 Å². The fraction of sp³-hybridized carbons (Fsp3) is 0.333. The van der Waals surface area contributed by atoms with Crippen molar-refractivity contribution in [1.82, 2.24) is 0 Å². The van der Waals surface area contributed by atoms with Gasteiger partial charge in [0.1, 0.15) is 11.5 Å². The fourth-order valence-electron chi connectivity index (χ4n) is 0.866. The summed E-state index contributed by atoms with van der Waals surface area (Å²) in [6, 6.07) is 3.86. The molecule has 0 amide bonds.